The SMILES string of the molecule is COc1ccc2cc([C@H](C)C(=O)NNC(=O)c3ccc(OC(C)C)c(OC)c3)ccc2c1. The number of amides is 2. The van der Waals surface area contributed by atoms with E-state index in [4.69, 9.17) is 14.2 Å². The van der Waals surface area contributed by atoms with E-state index in [-0.39, 0.29) is 12.0 Å². The first-order chi connectivity index (χ1) is 15.3. The zero-order valence-electron chi connectivity index (χ0n) is 18.9. The topological polar surface area (TPSA) is 85.9 Å². The van der Waals surface area contributed by atoms with Crippen molar-refractivity contribution in [2.75, 3.05) is 14.2 Å². The Bertz CT molecular complexity index is 1130. The fourth-order valence-electron chi connectivity index (χ4n) is 3.25. The number of nitrogens with one attached hydrogen (secondary N) is 2. The number of fused-ring (bicyclic) bond motifs is 1. The molecule has 1 atom stereocenters. The molecule has 3 aromatic carbocycles. The van der Waals surface area contributed by atoms with Crippen LogP contribution in [0.5, 0.6) is 17.2 Å². The highest BCUT2D eigenvalue weighted by Crippen LogP contribution is 2.29. The zero-order valence-corrected chi connectivity index (χ0v) is 18.9. The van der Waals surface area contributed by atoms with Crippen LogP contribution in [0, 0.1) is 0 Å². The van der Waals surface area contributed by atoms with Crippen LogP contribution < -0.4 is 25.1 Å². The van der Waals surface area contributed by atoms with Crippen LogP contribution >= 0.6 is 0 Å². The van der Waals surface area contributed by atoms with Gasteiger partial charge in [-0.3, -0.25) is 20.4 Å². The van der Waals surface area contributed by atoms with E-state index < -0.39 is 11.8 Å². The molecule has 3 aromatic rings. The summed E-state index contributed by atoms with van der Waals surface area (Å²) in [6.07, 6.45) is -0.0264. The molecule has 0 heterocycles. The van der Waals surface area contributed by atoms with Crippen molar-refractivity contribution in [2.45, 2.75) is 32.8 Å². The molecule has 0 bridgehead atoms. The summed E-state index contributed by atoms with van der Waals surface area (Å²) in [6.45, 7) is 5.60. The van der Waals surface area contributed by atoms with Crippen LogP contribution in [0.4, 0.5) is 0 Å². The predicted octanol–water partition coefficient (Wildman–Crippen LogP) is 4.21. The monoisotopic (exact) mass is 436 g/mol. The molecule has 0 unspecified atom stereocenters. The van der Waals surface area contributed by atoms with E-state index in [0.717, 1.165) is 22.1 Å². The molecule has 0 aliphatic rings. The largest absolute Gasteiger partial charge is 0.497 e. The number of benzene rings is 3. The second-order valence-corrected chi connectivity index (χ2v) is 7.67. The molecule has 0 spiro atoms. The first kappa shape index (κ1) is 22.9. The van der Waals surface area contributed by atoms with Gasteiger partial charge >= 0.3 is 0 Å². The van der Waals surface area contributed by atoms with Crippen molar-refractivity contribution in [1.29, 1.82) is 0 Å². The van der Waals surface area contributed by atoms with Gasteiger partial charge in [0, 0.05) is 5.56 Å². The van der Waals surface area contributed by atoms with Crippen molar-refractivity contribution >= 4 is 22.6 Å². The highest BCUT2D eigenvalue weighted by Gasteiger charge is 2.18. The third-order valence-corrected chi connectivity index (χ3v) is 5.05. The molecule has 0 radical (unpaired) electrons. The van der Waals surface area contributed by atoms with Crippen LogP contribution in [0.3, 0.4) is 0 Å². The minimum atomic E-state index is -0.460. The third-order valence-electron chi connectivity index (χ3n) is 5.05. The fourth-order valence-corrected chi connectivity index (χ4v) is 3.25. The number of carbonyl (C=O) groups is 2. The summed E-state index contributed by atoms with van der Waals surface area (Å²) in [5.41, 5.74) is 6.14. The predicted molar refractivity (Wildman–Crippen MR) is 123 cm³/mol. The van der Waals surface area contributed by atoms with Crippen LogP contribution in [0.15, 0.2) is 54.6 Å². The van der Waals surface area contributed by atoms with Gasteiger partial charge in [-0.05, 0) is 67.4 Å². The van der Waals surface area contributed by atoms with Gasteiger partial charge in [-0.15, -0.1) is 0 Å². The van der Waals surface area contributed by atoms with E-state index in [1.165, 1.54) is 7.11 Å². The maximum Gasteiger partial charge on any atom is 0.269 e. The molecule has 32 heavy (non-hydrogen) atoms. The molecule has 7 heteroatoms. The number of hydrogen-bond acceptors (Lipinski definition) is 5. The Labute approximate surface area is 187 Å². The first-order valence-corrected chi connectivity index (χ1v) is 10.3. The first-order valence-electron chi connectivity index (χ1n) is 10.3. The van der Waals surface area contributed by atoms with Crippen LogP contribution in [-0.4, -0.2) is 32.1 Å². The number of hydrazine groups is 1. The summed E-state index contributed by atoms with van der Waals surface area (Å²) in [5, 5.41) is 2.02. The molecule has 0 aliphatic carbocycles. The Morgan fingerprint density at radius 1 is 0.781 bits per heavy atom. The van der Waals surface area contributed by atoms with Crippen molar-refractivity contribution in [2.24, 2.45) is 0 Å². The normalized spacial score (nSPS) is 11.7. The van der Waals surface area contributed by atoms with Crippen molar-refractivity contribution in [3.05, 3.63) is 65.7 Å². The molecule has 0 saturated heterocycles. The third kappa shape index (κ3) is 5.29. The molecule has 3 rings (SSSR count). The van der Waals surface area contributed by atoms with Gasteiger partial charge in [0.15, 0.2) is 11.5 Å². The van der Waals surface area contributed by atoms with Gasteiger partial charge in [-0.2, -0.15) is 0 Å². The number of rotatable bonds is 7. The molecular weight excluding hydrogens is 408 g/mol. The Kier molecular flexibility index (Phi) is 7.20. The Morgan fingerprint density at radius 3 is 2.19 bits per heavy atom. The molecular formula is C25H28N2O5. The summed E-state index contributed by atoms with van der Waals surface area (Å²) in [5.74, 6) is 0.533. The van der Waals surface area contributed by atoms with Gasteiger partial charge < -0.3 is 14.2 Å². The van der Waals surface area contributed by atoms with E-state index in [0.29, 0.717) is 17.1 Å². The number of methoxy groups -OCH3 is 2. The van der Waals surface area contributed by atoms with E-state index in [1.54, 1.807) is 32.2 Å². The van der Waals surface area contributed by atoms with Gasteiger partial charge in [0.25, 0.3) is 5.91 Å². The number of carbonyl (C=O) groups excluding carboxylic acids is 2. The number of ether oxygens (including phenoxy) is 3. The summed E-state index contributed by atoms with van der Waals surface area (Å²) in [6, 6.07) is 16.4. The van der Waals surface area contributed by atoms with Crippen LogP contribution in [0.1, 0.15) is 42.6 Å². The van der Waals surface area contributed by atoms with Crippen LogP contribution in [-0.2, 0) is 4.79 Å². The van der Waals surface area contributed by atoms with Crippen LogP contribution in [0.25, 0.3) is 10.8 Å². The van der Waals surface area contributed by atoms with Gasteiger partial charge in [0.2, 0.25) is 5.91 Å². The smallest absolute Gasteiger partial charge is 0.269 e. The lowest BCUT2D eigenvalue weighted by Crippen LogP contribution is -2.43. The summed E-state index contributed by atoms with van der Waals surface area (Å²) < 4.78 is 16.2. The van der Waals surface area contributed by atoms with Gasteiger partial charge in [-0.1, -0.05) is 24.3 Å². The Morgan fingerprint density at radius 2 is 1.50 bits per heavy atom. The van der Waals surface area contributed by atoms with Crippen molar-refractivity contribution in [1.82, 2.24) is 10.9 Å². The van der Waals surface area contributed by atoms with Crippen LogP contribution in [0.2, 0.25) is 0 Å². The maximum atomic E-state index is 12.6. The molecule has 0 fully saturated rings. The van der Waals surface area contributed by atoms with Gasteiger partial charge in [0.05, 0.1) is 26.2 Å². The minimum Gasteiger partial charge on any atom is -0.497 e. The molecule has 0 saturated carbocycles. The summed E-state index contributed by atoms with van der Waals surface area (Å²) in [4.78, 5) is 25.1. The molecule has 0 aliphatic heterocycles. The average Bonchev–Trinajstić information content (AvgIpc) is 2.80. The lowest BCUT2D eigenvalue weighted by atomic mass is 9.97. The quantitative estimate of drug-likeness (QED) is 0.542. The van der Waals surface area contributed by atoms with E-state index in [9.17, 15) is 9.59 Å². The second-order valence-electron chi connectivity index (χ2n) is 7.67. The standard InChI is InChI=1S/C25H28N2O5/c1-15(2)32-22-11-9-20(14-23(22)31-5)25(29)27-26-24(28)16(3)17-6-7-19-13-21(30-4)10-8-18(19)12-17/h6-16H,1-5H3,(H,26,28)(H,27,29)/t16-/m0/s1. The van der Waals surface area contributed by atoms with Crippen molar-refractivity contribution in [3.8, 4) is 17.2 Å². The molecule has 2 N–H and O–H groups in total. The lowest BCUT2D eigenvalue weighted by molar-refractivity contribution is -0.123. The molecule has 7 nitrogen and oxygen atoms in total. The Balaban J connectivity index is 1.65. The second kappa shape index (κ2) is 10.0. The summed E-state index contributed by atoms with van der Waals surface area (Å²) >= 11 is 0. The van der Waals surface area contributed by atoms with E-state index >= 15 is 0 Å². The fraction of sp³-hybridized carbons (Fsp3) is 0.280. The van der Waals surface area contributed by atoms with Gasteiger partial charge in [-0.25, -0.2) is 0 Å². The van der Waals surface area contributed by atoms with Crippen molar-refractivity contribution < 1.29 is 23.8 Å². The van der Waals surface area contributed by atoms with Gasteiger partial charge in [0.1, 0.15) is 5.75 Å². The van der Waals surface area contributed by atoms with E-state index in [1.807, 2.05) is 50.2 Å². The highest BCUT2D eigenvalue weighted by molar-refractivity contribution is 5.96. The number of hydrogen-bond donors (Lipinski definition) is 2. The molecule has 168 valence electrons. The molecule has 2 amide bonds. The Hall–Kier alpha value is -3.74. The average molecular weight is 437 g/mol. The van der Waals surface area contributed by atoms with Crippen molar-refractivity contribution in [3.63, 3.8) is 0 Å². The zero-order chi connectivity index (χ0) is 23.3. The highest BCUT2D eigenvalue weighted by atomic mass is 16.5. The molecule has 0 aromatic heterocycles. The summed E-state index contributed by atoms with van der Waals surface area (Å²) in [7, 11) is 3.13. The minimum absolute atomic E-state index is 0.0264. The lowest BCUT2D eigenvalue weighted by Gasteiger charge is -2.16. The van der Waals surface area contributed by atoms with E-state index in [2.05, 4.69) is 10.9 Å². The maximum absolute atomic E-state index is 12.6.